The van der Waals surface area contributed by atoms with Gasteiger partial charge in [0.25, 0.3) is 0 Å². The fourth-order valence-electron chi connectivity index (χ4n) is 9.44. The van der Waals surface area contributed by atoms with Crippen LogP contribution in [0.5, 0.6) is 34.5 Å². The number of hydrazone groups is 4. The normalized spacial score (nSPS) is 19.0. The Labute approximate surface area is 591 Å². The molecular weight excluding hydrogens is 1420 g/mol. The summed E-state index contributed by atoms with van der Waals surface area (Å²) < 4.78 is 45.0. The molecule has 492 valence electrons. The second-order valence-electron chi connectivity index (χ2n) is 21.0. The van der Waals surface area contributed by atoms with Crippen LogP contribution < -0.4 is 59.0 Å². The van der Waals surface area contributed by atoms with E-state index in [2.05, 4.69) is 88.5 Å². The molecule has 7 aliphatic rings. The molecule has 30 heteroatoms. The number of hydrogen-bond donors (Lipinski definition) is 0. The Morgan fingerprint density at radius 1 is 0.327 bits per heavy atom. The lowest BCUT2D eigenvalue weighted by atomic mass is 10.2. The summed E-state index contributed by atoms with van der Waals surface area (Å²) in [5, 5.41) is 25.5. The maximum absolute atomic E-state index is 9.81. The number of hydrogen-bond acceptors (Lipinski definition) is 14. The van der Waals surface area contributed by atoms with Crippen molar-refractivity contribution < 1.29 is 27.1 Å². The van der Waals surface area contributed by atoms with Crippen molar-refractivity contribution >= 4 is 146 Å². The summed E-state index contributed by atoms with van der Waals surface area (Å²) in [7, 11) is 4.68. The lowest BCUT2D eigenvalue weighted by Gasteiger charge is -2.31. The first-order valence-corrected chi connectivity index (χ1v) is 42.9. The molecule has 8 bridgehead atoms. The van der Waals surface area contributed by atoms with Gasteiger partial charge in [-0.25, -0.2) is 19.1 Å². The molecule has 10 aromatic carbocycles. The average Bonchev–Trinajstić information content (AvgIpc) is 0.832. The Morgan fingerprint density at radius 3 is 0.755 bits per heavy atom. The molecule has 10 aromatic rings. The third kappa shape index (κ3) is 18.0. The monoisotopic (exact) mass is 1480 g/mol. The van der Waals surface area contributed by atoms with Gasteiger partial charge in [-0.3, -0.25) is 0 Å². The fraction of sp³-hybridized carbons (Fsp3) is 0.0588. The maximum Gasteiger partial charge on any atom is 0.490 e. The first-order chi connectivity index (χ1) is 47.5. The van der Waals surface area contributed by atoms with Crippen molar-refractivity contribution in [2.75, 3.05) is 28.2 Å². The SMILES string of the molecule is CN1N=Cc2ccc(cc2)OP(=S)(Oc2ccc(P(c3ccccc3)c3ccccc3)cc2)Oc2ccc(cc2)C=NN(C)P(=S)(N=[N+]=[N-])N(C)N=Cc2ccc(cc2)OP(=S)(Oc2ccc(P(c3ccccc3)c3ccccc3)cc2)Oc2ccc(cc2)C=NN(C)P1(=S)N=[N+]=[N-]. The Bertz CT molecular complexity index is 4280. The van der Waals surface area contributed by atoms with Gasteiger partial charge in [0.2, 0.25) is 13.0 Å². The van der Waals surface area contributed by atoms with E-state index in [1.165, 1.54) is 40.3 Å². The minimum atomic E-state index is -3.73. The standard InChI is InChI=1S/C68H60N14O6P6S4/c1-79-71-49-53-25-33-57(34-26-53)83-93(97,87-61-41-45-67(46-42-61)89(63-17-9-5-10-18-63)64-19-11-6-12-20-64)85-59-37-29-55(30-38-59)51-73-81(3)92(96,78-76-70)82(4)74-52-56-31-39-60(40-32-56)86-94(98,84-58-35-27-54(28-36-58)50-72-80(2)91(79,95)77-75-69)88-62-43-47-68(48-44-62)90(65-21-13-7-14-22-65)66-23-15-8-16-24-66/h5-52H,1-4H3. The molecule has 0 saturated heterocycles. The predicted molar refractivity (Wildman–Crippen MR) is 417 cm³/mol. The van der Waals surface area contributed by atoms with Crippen LogP contribution in [-0.2, 0) is 47.2 Å². The molecule has 98 heavy (non-hydrogen) atoms. The van der Waals surface area contributed by atoms with Crippen molar-refractivity contribution in [1.82, 2.24) is 19.1 Å². The maximum atomic E-state index is 9.81. The Hall–Kier alpha value is -9.04. The van der Waals surface area contributed by atoms with Gasteiger partial charge in [-0.05, 0) is 236 Å². The van der Waals surface area contributed by atoms with Gasteiger partial charge in [0, 0.05) is 61.6 Å². The molecule has 17 rings (SSSR count). The van der Waals surface area contributed by atoms with Gasteiger partial charge in [-0.15, -0.1) is 0 Å². The van der Waals surface area contributed by atoms with E-state index in [0.717, 1.165) is 10.6 Å². The van der Waals surface area contributed by atoms with E-state index in [-0.39, 0.29) is 0 Å². The molecule has 0 spiro atoms. The highest BCUT2D eigenvalue weighted by atomic mass is 32.5. The quantitative estimate of drug-likeness (QED) is 0.0481. The van der Waals surface area contributed by atoms with Crippen LogP contribution in [0.15, 0.2) is 297 Å². The molecule has 0 fully saturated rings. The number of rotatable bonds is 12. The Morgan fingerprint density at radius 2 is 0.541 bits per heavy atom. The molecule has 0 unspecified atom stereocenters. The van der Waals surface area contributed by atoms with Crippen LogP contribution in [-0.4, -0.2) is 72.2 Å². The Kier molecular flexibility index (Phi) is 23.3. The molecule has 20 nitrogen and oxygen atoms in total. The smallest absolute Gasteiger partial charge is 0.407 e. The van der Waals surface area contributed by atoms with E-state index < -0.39 is 42.3 Å². The van der Waals surface area contributed by atoms with Gasteiger partial charge in [0.15, 0.2) is 0 Å². The summed E-state index contributed by atoms with van der Waals surface area (Å²) in [5.41, 5.74) is 22.2. The number of benzene rings is 10. The van der Waals surface area contributed by atoms with Gasteiger partial charge in [0.05, 0.1) is 24.9 Å². The van der Waals surface area contributed by atoms with Crippen molar-refractivity contribution in [3.05, 3.63) is 310 Å². The predicted octanol–water partition coefficient (Wildman–Crippen LogP) is 16.6. The van der Waals surface area contributed by atoms with Gasteiger partial charge in [-0.2, -0.15) is 20.4 Å². The minimum absolute atomic E-state index is 0.350. The molecule has 0 N–H and O–H groups in total. The van der Waals surface area contributed by atoms with Crippen molar-refractivity contribution in [2.24, 2.45) is 30.2 Å². The third-order valence-corrected chi connectivity index (χ3v) is 30.6. The zero-order valence-corrected chi connectivity index (χ0v) is 61.4. The molecule has 7 heterocycles. The lowest BCUT2D eigenvalue weighted by Crippen LogP contribution is -2.20. The summed E-state index contributed by atoms with van der Waals surface area (Å²) in [6.45, 7) is -14.2. The fourth-order valence-corrected chi connectivity index (χ4v) is 20.9. The first kappa shape index (κ1) is 70.3. The largest absolute Gasteiger partial charge is 0.490 e. The lowest BCUT2D eigenvalue weighted by molar-refractivity contribution is 0.383. The van der Waals surface area contributed by atoms with Gasteiger partial charge < -0.3 is 27.1 Å². The summed E-state index contributed by atoms with van der Waals surface area (Å²) in [5.74, 6) is 2.27. The van der Waals surface area contributed by atoms with E-state index in [9.17, 15) is 11.1 Å². The highest BCUT2D eigenvalue weighted by Crippen LogP contribution is 2.56. The van der Waals surface area contributed by atoms with E-state index in [4.69, 9.17) is 74.4 Å². The van der Waals surface area contributed by atoms with Crippen LogP contribution in [0.2, 0.25) is 0 Å². The molecule has 0 atom stereocenters. The summed E-state index contributed by atoms with van der Waals surface area (Å²) in [4.78, 5) is 14.3. The second-order valence-corrected chi connectivity index (χ2v) is 38.7. The molecule has 7 aliphatic heterocycles. The van der Waals surface area contributed by atoms with E-state index in [1.54, 1.807) is 150 Å². The van der Waals surface area contributed by atoms with Crippen LogP contribution in [0.4, 0.5) is 0 Å². The van der Waals surface area contributed by atoms with Crippen LogP contribution in [0.3, 0.4) is 0 Å². The van der Waals surface area contributed by atoms with E-state index in [1.807, 2.05) is 121 Å². The average molecular weight is 1480 g/mol. The highest BCUT2D eigenvalue weighted by molar-refractivity contribution is 8.12. The molecule has 0 saturated carbocycles. The molecule has 0 aliphatic carbocycles. The molecule has 0 amide bonds. The van der Waals surface area contributed by atoms with Gasteiger partial charge >= 0.3 is 13.4 Å². The number of nitrogens with zero attached hydrogens (tertiary/aromatic N) is 14. The van der Waals surface area contributed by atoms with Crippen LogP contribution in [0.1, 0.15) is 22.3 Å². The van der Waals surface area contributed by atoms with Crippen LogP contribution in [0, 0.1) is 0 Å². The number of azide groups is 2. The summed E-state index contributed by atoms with van der Waals surface area (Å²) >= 11 is 24.5. The van der Waals surface area contributed by atoms with Crippen LogP contribution in [0.25, 0.3) is 20.9 Å². The van der Waals surface area contributed by atoms with Crippen molar-refractivity contribution in [1.29, 1.82) is 0 Å². The van der Waals surface area contributed by atoms with Gasteiger partial charge in [-0.1, -0.05) is 146 Å². The van der Waals surface area contributed by atoms with Crippen molar-refractivity contribution in [3.63, 3.8) is 0 Å². The summed E-state index contributed by atoms with van der Waals surface area (Å²) in [6, 6.07) is 85.1. The molecule has 0 radical (unpaired) electrons. The van der Waals surface area contributed by atoms with Gasteiger partial charge in [0.1, 0.15) is 34.5 Å². The topological polar surface area (TPSA) is 215 Å². The molecule has 0 aromatic heterocycles. The zero-order valence-electron chi connectivity index (χ0n) is 52.7. The van der Waals surface area contributed by atoms with Crippen molar-refractivity contribution in [3.8, 4) is 34.5 Å². The third-order valence-electron chi connectivity index (χ3n) is 14.4. The zero-order chi connectivity index (χ0) is 68.5. The van der Waals surface area contributed by atoms with E-state index >= 15 is 0 Å². The Balaban J connectivity index is 0.887. The first-order valence-electron chi connectivity index (χ1n) is 29.7. The van der Waals surface area contributed by atoms with Crippen molar-refractivity contribution in [2.45, 2.75) is 0 Å². The second kappa shape index (κ2) is 32.5. The minimum Gasteiger partial charge on any atom is -0.407 e. The highest BCUT2D eigenvalue weighted by Gasteiger charge is 2.31. The molecular formula is C68H60N14O6P6S4. The van der Waals surface area contributed by atoms with E-state index in [0.29, 0.717) is 56.8 Å². The summed E-state index contributed by atoms with van der Waals surface area (Å²) in [6.07, 6.45) is 6.29. The van der Waals surface area contributed by atoms with Crippen LogP contribution >= 0.6 is 42.3 Å².